The minimum atomic E-state index is -0.955. The summed E-state index contributed by atoms with van der Waals surface area (Å²) in [5, 5.41) is 17.4. The SMILES string of the molecule is Cc1cc2[nH]c(-c3cccc(C(=O)O)c3)nn2n1. The molecule has 0 aliphatic heterocycles. The number of aromatic carboxylic acids is 1. The number of H-pyrrole nitrogens is 1. The van der Waals surface area contributed by atoms with Crippen molar-refractivity contribution < 1.29 is 9.90 Å². The minimum Gasteiger partial charge on any atom is -0.478 e. The van der Waals surface area contributed by atoms with Gasteiger partial charge in [0.25, 0.3) is 0 Å². The fourth-order valence-electron chi connectivity index (χ4n) is 1.82. The molecule has 2 aromatic heterocycles. The average Bonchev–Trinajstić information content (AvgIpc) is 2.86. The Hall–Kier alpha value is -2.63. The number of carbonyl (C=O) groups is 1. The molecule has 6 heteroatoms. The van der Waals surface area contributed by atoms with Crippen LogP contribution in [0.5, 0.6) is 0 Å². The lowest BCUT2D eigenvalue weighted by atomic mass is 10.1. The van der Waals surface area contributed by atoms with Gasteiger partial charge in [0.2, 0.25) is 0 Å². The van der Waals surface area contributed by atoms with Crippen LogP contribution in [0, 0.1) is 6.92 Å². The largest absolute Gasteiger partial charge is 0.478 e. The molecule has 0 bridgehead atoms. The van der Waals surface area contributed by atoms with Crippen molar-refractivity contribution >= 4 is 11.6 Å². The molecule has 0 radical (unpaired) electrons. The Balaban J connectivity index is 2.10. The van der Waals surface area contributed by atoms with Crippen LogP contribution < -0.4 is 0 Å². The summed E-state index contributed by atoms with van der Waals surface area (Å²) in [5.41, 5.74) is 2.61. The van der Waals surface area contributed by atoms with Crippen LogP contribution in [0.25, 0.3) is 17.0 Å². The first kappa shape index (κ1) is 10.5. The van der Waals surface area contributed by atoms with Crippen LogP contribution in [-0.4, -0.2) is 30.9 Å². The van der Waals surface area contributed by atoms with Crippen molar-refractivity contribution in [3.05, 3.63) is 41.6 Å². The van der Waals surface area contributed by atoms with Gasteiger partial charge in [-0.25, -0.2) is 4.79 Å². The molecule has 0 aliphatic rings. The van der Waals surface area contributed by atoms with Crippen molar-refractivity contribution in [3.8, 4) is 11.4 Å². The van der Waals surface area contributed by atoms with Crippen molar-refractivity contribution in [1.82, 2.24) is 19.8 Å². The molecular weight excluding hydrogens is 232 g/mol. The van der Waals surface area contributed by atoms with E-state index in [1.54, 1.807) is 24.3 Å². The molecule has 0 saturated heterocycles. The maximum atomic E-state index is 10.9. The van der Waals surface area contributed by atoms with Crippen molar-refractivity contribution in [2.45, 2.75) is 6.92 Å². The highest BCUT2D eigenvalue weighted by atomic mass is 16.4. The van der Waals surface area contributed by atoms with E-state index in [-0.39, 0.29) is 5.56 Å². The standard InChI is InChI=1S/C12H10N4O2/c1-7-5-10-13-11(15-16(10)14-7)8-3-2-4-9(6-8)12(17)18/h2-6H,1H3,(H,13,15)(H,17,18). The van der Waals surface area contributed by atoms with Crippen LogP contribution in [0.1, 0.15) is 16.1 Å². The number of aromatic amines is 1. The maximum Gasteiger partial charge on any atom is 0.335 e. The molecule has 6 nitrogen and oxygen atoms in total. The quantitative estimate of drug-likeness (QED) is 0.716. The van der Waals surface area contributed by atoms with E-state index in [9.17, 15) is 4.79 Å². The second kappa shape index (κ2) is 3.69. The molecule has 0 atom stereocenters. The molecule has 18 heavy (non-hydrogen) atoms. The first-order chi connectivity index (χ1) is 8.63. The van der Waals surface area contributed by atoms with Crippen LogP contribution in [0.4, 0.5) is 0 Å². The van der Waals surface area contributed by atoms with E-state index in [4.69, 9.17) is 5.11 Å². The Labute approximate surface area is 102 Å². The van der Waals surface area contributed by atoms with Crippen LogP contribution in [0.3, 0.4) is 0 Å². The Morgan fingerprint density at radius 3 is 2.89 bits per heavy atom. The van der Waals surface area contributed by atoms with Gasteiger partial charge in [-0.1, -0.05) is 12.1 Å². The fraction of sp³-hybridized carbons (Fsp3) is 0.0833. The molecule has 90 valence electrons. The second-order valence-corrected chi connectivity index (χ2v) is 4.02. The summed E-state index contributed by atoms with van der Waals surface area (Å²) in [4.78, 5) is 14.0. The number of carboxylic acid groups (broad SMARTS) is 1. The number of hydrogen-bond acceptors (Lipinski definition) is 3. The molecule has 1 aromatic carbocycles. The minimum absolute atomic E-state index is 0.234. The van der Waals surface area contributed by atoms with Crippen molar-refractivity contribution in [3.63, 3.8) is 0 Å². The molecule has 3 aromatic rings. The summed E-state index contributed by atoms with van der Waals surface area (Å²) in [6.07, 6.45) is 0. The van der Waals surface area contributed by atoms with Gasteiger partial charge in [-0.05, 0) is 19.1 Å². The third-order valence-electron chi connectivity index (χ3n) is 2.64. The van der Waals surface area contributed by atoms with Crippen LogP contribution in [0.15, 0.2) is 30.3 Å². The third-order valence-corrected chi connectivity index (χ3v) is 2.64. The first-order valence-electron chi connectivity index (χ1n) is 5.40. The number of benzene rings is 1. The number of carboxylic acids is 1. The number of nitrogens with one attached hydrogen (secondary N) is 1. The normalized spacial score (nSPS) is 10.9. The number of aromatic nitrogens is 4. The van der Waals surface area contributed by atoms with Crippen LogP contribution in [0.2, 0.25) is 0 Å². The summed E-state index contributed by atoms with van der Waals surface area (Å²) < 4.78 is 1.50. The molecule has 3 rings (SSSR count). The maximum absolute atomic E-state index is 10.9. The Morgan fingerprint density at radius 1 is 1.33 bits per heavy atom. The summed E-state index contributed by atoms with van der Waals surface area (Å²) in [5.74, 6) is -0.357. The van der Waals surface area contributed by atoms with Gasteiger partial charge >= 0.3 is 5.97 Å². The summed E-state index contributed by atoms with van der Waals surface area (Å²) in [6, 6.07) is 8.49. The zero-order chi connectivity index (χ0) is 12.7. The van der Waals surface area contributed by atoms with Crippen LogP contribution in [-0.2, 0) is 0 Å². The predicted octanol–water partition coefficient (Wildman–Crippen LogP) is 1.73. The second-order valence-electron chi connectivity index (χ2n) is 4.02. The molecule has 0 spiro atoms. The number of hydrogen-bond donors (Lipinski definition) is 2. The predicted molar refractivity (Wildman–Crippen MR) is 64.5 cm³/mol. The van der Waals surface area contributed by atoms with Gasteiger partial charge in [0.15, 0.2) is 11.5 Å². The highest BCUT2D eigenvalue weighted by Gasteiger charge is 2.09. The third kappa shape index (κ3) is 1.64. The summed E-state index contributed by atoms with van der Waals surface area (Å²) in [7, 11) is 0. The van der Waals surface area contributed by atoms with Gasteiger partial charge in [-0.3, -0.25) is 0 Å². The van der Waals surface area contributed by atoms with E-state index in [0.717, 1.165) is 16.9 Å². The molecule has 0 saturated carbocycles. The van der Waals surface area contributed by atoms with Crippen molar-refractivity contribution in [2.75, 3.05) is 0 Å². The van der Waals surface area contributed by atoms with Gasteiger partial charge in [0.1, 0.15) is 0 Å². The Bertz CT molecular complexity index is 710. The number of nitrogens with zero attached hydrogens (tertiary/aromatic N) is 3. The highest BCUT2D eigenvalue weighted by molar-refractivity contribution is 5.89. The van der Waals surface area contributed by atoms with Gasteiger partial charge in [0.05, 0.1) is 11.3 Å². The number of fused-ring (bicyclic) bond motifs is 1. The van der Waals surface area contributed by atoms with E-state index in [1.807, 2.05) is 13.0 Å². The highest BCUT2D eigenvalue weighted by Crippen LogP contribution is 2.18. The number of aryl methyl sites for hydroxylation is 1. The van der Waals surface area contributed by atoms with Gasteiger partial charge in [-0.2, -0.15) is 5.10 Å². The van der Waals surface area contributed by atoms with E-state index in [0.29, 0.717) is 5.82 Å². The van der Waals surface area contributed by atoms with Crippen molar-refractivity contribution in [1.29, 1.82) is 0 Å². The lowest BCUT2D eigenvalue weighted by Gasteiger charge is -1.98. The van der Waals surface area contributed by atoms with Gasteiger partial charge in [0, 0.05) is 11.6 Å². The van der Waals surface area contributed by atoms with Crippen molar-refractivity contribution in [2.24, 2.45) is 0 Å². The van der Waals surface area contributed by atoms with E-state index < -0.39 is 5.97 Å². The molecule has 0 amide bonds. The van der Waals surface area contributed by atoms with Crippen LogP contribution >= 0.6 is 0 Å². The van der Waals surface area contributed by atoms with E-state index >= 15 is 0 Å². The molecule has 2 N–H and O–H groups in total. The molecular formula is C12H10N4O2. The lowest BCUT2D eigenvalue weighted by molar-refractivity contribution is 0.0697. The topological polar surface area (TPSA) is 83.3 Å². The molecule has 0 fully saturated rings. The van der Waals surface area contributed by atoms with E-state index in [2.05, 4.69) is 15.2 Å². The summed E-state index contributed by atoms with van der Waals surface area (Å²) in [6.45, 7) is 1.88. The zero-order valence-electron chi connectivity index (χ0n) is 9.58. The molecule has 0 unspecified atom stereocenters. The fourth-order valence-corrected chi connectivity index (χ4v) is 1.82. The van der Waals surface area contributed by atoms with Gasteiger partial charge < -0.3 is 10.1 Å². The average molecular weight is 242 g/mol. The first-order valence-corrected chi connectivity index (χ1v) is 5.40. The lowest BCUT2D eigenvalue weighted by Crippen LogP contribution is -1.96. The smallest absolute Gasteiger partial charge is 0.335 e. The van der Waals surface area contributed by atoms with E-state index in [1.165, 1.54) is 4.63 Å². The van der Waals surface area contributed by atoms with Gasteiger partial charge in [-0.15, -0.1) is 9.73 Å². The molecule has 0 aliphatic carbocycles. The monoisotopic (exact) mass is 242 g/mol. The zero-order valence-corrected chi connectivity index (χ0v) is 9.58. The molecule has 2 heterocycles. The summed E-state index contributed by atoms with van der Waals surface area (Å²) >= 11 is 0. The Morgan fingerprint density at radius 2 is 2.17 bits per heavy atom. The number of rotatable bonds is 2. The Kier molecular flexibility index (Phi) is 2.16.